The molecule has 1 saturated heterocycles. The molecular formula is C33H37N3O3. The van der Waals surface area contributed by atoms with Gasteiger partial charge in [0.25, 0.3) is 0 Å². The highest BCUT2D eigenvalue weighted by Gasteiger charge is 2.38. The zero-order valence-corrected chi connectivity index (χ0v) is 23.3. The van der Waals surface area contributed by atoms with Crippen molar-refractivity contribution in [3.63, 3.8) is 0 Å². The molecule has 2 atom stereocenters. The summed E-state index contributed by atoms with van der Waals surface area (Å²) in [5.41, 5.74) is 4.61. The van der Waals surface area contributed by atoms with E-state index in [4.69, 9.17) is 9.73 Å². The van der Waals surface area contributed by atoms with Crippen LogP contribution >= 0.6 is 0 Å². The van der Waals surface area contributed by atoms with Crippen LogP contribution in [0.5, 0.6) is 5.75 Å². The Kier molecular flexibility index (Phi) is 6.54. The fraction of sp³-hybridized carbons (Fsp3) is 0.424. The van der Waals surface area contributed by atoms with Crippen LogP contribution in [-0.2, 0) is 0 Å². The first kappa shape index (κ1) is 25.8. The number of hydrogen-bond donors (Lipinski definition) is 1. The summed E-state index contributed by atoms with van der Waals surface area (Å²) in [5.74, 6) is 0.953. The van der Waals surface area contributed by atoms with Crippen LogP contribution in [0.2, 0.25) is 0 Å². The van der Waals surface area contributed by atoms with Crippen LogP contribution in [0.1, 0.15) is 78.8 Å². The smallest absolute Gasteiger partial charge is 0.196 e. The molecule has 6 heteroatoms. The van der Waals surface area contributed by atoms with Gasteiger partial charge in [0, 0.05) is 36.0 Å². The molecule has 6 nitrogen and oxygen atoms in total. The zero-order chi connectivity index (χ0) is 27.3. The number of carbonyl (C=O) groups is 2. The number of hydrogen-bond acceptors (Lipinski definition) is 6. The Morgan fingerprint density at radius 3 is 2.54 bits per heavy atom. The summed E-state index contributed by atoms with van der Waals surface area (Å²) in [5, 5.41) is 3.50. The van der Waals surface area contributed by atoms with E-state index in [0.29, 0.717) is 45.9 Å². The molecular weight excluding hydrogens is 486 g/mol. The van der Waals surface area contributed by atoms with Gasteiger partial charge < -0.3 is 15.0 Å². The number of ether oxygens (including phenoxy) is 1. The van der Waals surface area contributed by atoms with E-state index in [-0.39, 0.29) is 23.1 Å². The van der Waals surface area contributed by atoms with Crippen molar-refractivity contribution in [1.82, 2.24) is 4.90 Å². The van der Waals surface area contributed by atoms with E-state index in [0.717, 1.165) is 37.7 Å². The summed E-state index contributed by atoms with van der Waals surface area (Å²) >= 11 is 0. The molecule has 2 aliphatic carbocycles. The molecule has 2 heterocycles. The van der Waals surface area contributed by atoms with Crippen LogP contribution in [0, 0.1) is 11.3 Å². The highest BCUT2D eigenvalue weighted by molar-refractivity contribution is 6.32. The quantitative estimate of drug-likeness (QED) is 0.394. The third kappa shape index (κ3) is 4.76. The van der Waals surface area contributed by atoms with Crippen molar-refractivity contribution in [2.45, 2.75) is 53.1 Å². The first-order valence-corrected chi connectivity index (χ1v) is 14.2. The monoisotopic (exact) mass is 523 g/mol. The molecule has 6 rings (SSSR count). The molecule has 0 aromatic heterocycles. The van der Waals surface area contributed by atoms with Crippen LogP contribution in [0.3, 0.4) is 0 Å². The molecule has 202 valence electrons. The van der Waals surface area contributed by atoms with E-state index < -0.39 is 0 Å². The van der Waals surface area contributed by atoms with Gasteiger partial charge in [-0.15, -0.1) is 0 Å². The number of anilines is 1. The van der Waals surface area contributed by atoms with Crippen LogP contribution < -0.4 is 10.1 Å². The SMILES string of the molecule is C[C@H]1CCCN(CCCNc2cc3c(c4c2C(=O)c2ccccc2C4=O)N=C2C=CC(C(C)(C)C)=CC2O3)C1. The molecule has 2 aromatic rings. The average molecular weight is 524 g/mol. The molecule has 4 aliphatic rings. The minimum Gasteiger partial charge on any atom is -0.478 e. The van der Waals surface area contributed by atoms with Crippen molar-refractivity contribution in [3.8, 4) is 5.75 Å². The average Bonchev–Trinajstić information content (AvgIpc) is 2.91. The van der Waals surface area contributed by atoms with Crippen LogP contribution in [0.4, 0.5) is 11.4 Å². The first-order valence-electron chi connectivity index (χ1n) is 14.2. The standard InChI is InChI=1S/C33H37N3O3/c1-20-9-7-15-36(19-20)16-8-14-34-25-18-27-30(35-24-13-12-21(33(2,3)4)17-26(24)39-27)29-28(25)31(37)22-10-5-6-11-23(22)32(29)38/h5-6,10-13,17-18,20,26,34H,7-9,14-16,19H2,1-4H3/t20-,26?/m0/s1. The number of ketones is 2. The number of carbonyl (C=O) groups excluding carboxylic acids is 2. The lowest BCUT2D eigenvalue weighted by molar-refractivity contribution is 0.0979. The summed E-state index contributed by atoms with van der Waals surface area (Å²) in [6, 6.07) is 8.94. The lowest BCUT2D eigenvalue weighted by Gasteiger charge is -2.32. The largest absolute Gasteiger partial charge is 0.478 e. The molecule has 2 aromatic carbocycles. The number of fused-ring (bicyclic) bond motifs is 5. The summed E-state index contributed by atoms with van der Waals surface area (Å²) in [6.07, 6.45) is 9.33. The lowest BCUT2D eigenvalue weighted by Crippen LogP contribution is -2.35. The van der Waals surface area contributed by atoms with Gasteiger partial charge in [-0.25, -0.2) is 4.99 Å². The van der Waals surface area contributed by atoms with Gasteiger partial charge >= 0.3 is 0 Å². The van der Waals surface area contributed by atoms with Gasteiger partial charge in [-0.3, -0.25) is 9.59 Å². The van der Waals surface area contributed by atoms with Crippen molar-refractivity contribution in [2.24, 2.45) is 16.3 Å². The summed E-state index contributed by atoms with van der Waals surface area (Å²) < 4.78 is 6.48. The fourth-order valence-corrected chi connectivity index (χ4v) is 6.14. The molecule has 1 fully saturated rings. The van der Waals surface area contributed by atoms with Crippen LogP contribution in [0.15, 0.2) is 59.1 Å². The maximum absolute atomic E-state index is 13.8. The fourth-order valence-electron chi connectivity index (χ4n) is 6.14. The second kappa shape index (κ2) is 9.91. The predicted octanol–water partition coefficient (Wildman–Crippen LogP) is 6.37. The first-order chi connectivity index (χ1) is 18.7. The predicted molar refractivity (Wildman–Crippen MR) is 156 cm³/mol. The minimum atomic E-state index is -0.328. The van der Waals surface area contributed by atoms with E-state index in [2.05, 4.69) is 50.1 Å². The van der Waals surface area contributed by atoms with E-state index in [1.807, 2.05) is 12.1 Å². The third-order valence-electron chi connectivity index (χ3n) is 8.26. The number of nitrogens with one attached hydrogen (secondary N) is 1. The molecule has 1 unspecified atom stereocenters. The Morgan fingerprint density at radius 2 is 1.82 bits per heavy atom. The van der Waals surface area contributed by atoms with Gasteiger partial charge in [-0.2, -0.15) is 0 Å². The molecule has 0 spiro atoms. The van der Waals surface area contributed by atoms with Gasteiger partial charge in [0.15, 0.2) is 17.7 Å². The Labute approximate surface area is 230 Å². The van der Waals surface area contributed by atoms with Gasteiger partial charge in [-0.1, -0.05) is 58.0 Å². The molecule has 2 aliphatic heterocycles. The topological polar surface area (TPSA) is 71.0 Å². The molecule has 0 radical (unpaired) electrons. The van der Waals surface area contributed by atoms with Crippen molar-refractivity contribution >= 4 is 28.7 Å². The number of piperidine rings is 1. The van der Waals surface area contributed by atoms with Gasteiger partial charge in [0.1, 0.15) is 11.4 Å². The van der Waals surface area contributed by atoms with Gasteiger partial charge in [0.05, 0.1) is 16.8 Å². The second-order valence-corrected chi connectivity index (χ2v) is 12.3. The third-order valence-corrected chi connectivity index (χ3v) is 8.26. The molecule has 0 amide bonds. The van der Waals surface area contributed by atoms with E-state index in [9.17, 15) is 9.59 Å². The van der Waals surface area contributed by atoms with Gasteiger partial charge in [-0.05, 0) is 61.4 Å². The number of rotatable bonds is 5. The van der Waals surface area contributed by atoms with E-state index >= 15 is 0 Å². The van der Waals surface area contributed by atoms with Crippen molar-refractivity contribution in [1.29, 1.82) is 0 Å². The van der Waals surface area contributed by atoms with Gasteiger partial charge in [0.2, 0.25) is 0 Å². The number of nitrogens with zero attached hydrogens (tertiary/aromatic N) is 2. The minimum absolute atomic E-state index is 0.0213. The number of allylic oxidation sites excluding steroid dienone is 2. The zero-order valence-electron chi connectivity index (χ0n) is 23.3. The van der Waals surface area contributed by atoms with E-state index in [1.54, 1.807) is 24.3 Å². The highest BCUT2D eigenvalue weighted by atomic mass is 16.5. The summed E-state index contributed by atoms with van der Waals surface area (Å²) in [7, 11) is 0. The second-order valence-electron chi connectivity index (χ2n) is 12.3. The lowest BCUT2D eigenvalue weighted by atomic mass is 9.81. The summed E-state index contributed by atoms with van der Waals surface area (Å²) in [6.45, 7) is 12.8. The number of aliphatic imine (C=N–C) groups is 1. The molecule has 0 saturated carbocycles. The molecule has 0 bridgehead atoms. The van der Waals surface area contributed by atoms with E-state index in [1.165, 1.54) is 18.4 Å². The highest BCUT2D eigenvalue weighted by Crippen LogP contribution is 2.46. The van der Waals surface area contributed by atoms with Crippen LogP contribution in [0.25, 0.3) is 0 Å². The summed E-state index contributed by atoms with van der Waals surface area (Å²) in [4.78, 5) is 35.1. The molecule has 1 N–H and O–H groups in total. The Hall–Kier alpha value is -3.51. The number of benzene rings is 2. The maximum atomic E-state index is 13.8. The van der Waals surface area contributed by atoms with Crippen molar-refractivity contribution in [3.05, 3.63) is 76.4 Å². The normalized spacial score (nSPS) is 22.2. The Balaban J connectivity index is 1.35. The number of likely N-dealkylation sites (tertiary alicyclic amines) is 1. The Morgan fingerprint density at radius 1 is 1.08 bits per heavy atom. The van der Waals surface area contributed by atoms with Crippen LogP contribution in [-0.4, -0.2) is 54.5 Å². The Bertz CT molecular complexity index is 1440. The maximum Gasteiger partial charge on any atom is 0.196 e. The van der Waals surface area contributed by atoms with Crippen molar-refractivity contribution in [2.75, 3.05) is 31.5 Å². The molecule has 39 heavy (non-hydrogen) atoms. The van der Waals surface area contributed by atoms with Crippen molar-refractivity contribution < 1.29 is 14.3 Å².